The molecule has 0 spiro atoms. The van der Waals surface area contributed by atoms with Crippen LogP contribution in [0.3, 0.4) is 0 Å². The van der Waals surface area contributed by atoms with Crippen LogP contribution in [-0.2, 0) is 0 Å². The molecule has 1 aromatic heterocycles. The molecule has 0 saturated carbocycles. The maximum absolute atomic E-state index is 5.33. The molecule has 0 fully saturated rings. The van der Waals surface area contributed by atoms with E-state index in [0.717, 1.165) is 11.1 Å². The first-order chi connectivity index (χ1) is 9.36. The standard InChI is InChI=1S/C14H13N5/c15-19-14-8-13(16-9-17-14)18-12-7-3-5-10-4-1-2-6-11(10)12/h1-9H,15H2,(H2,16,17,18,19). The van der Waals surface area contributed by atoms with Crippen molar-refractivity contribution >= 4 is 28.1 Å². The van der Waals surface area contributed by atoms with Crippen LogP contribution in [0.4, 0.5) is 17.3 Å². The van der Waals surface area contributed by atoms with Gasteiger partial charge in [-0.05, 0) is 11.5 Å². The second-order valence-electron chi connectivity index (χ2n) is 4.08. The van der Waals surface area contributed by atoms with Crippen molar-refractivity contribution in [2.24, 2.45) is 5.84 Å². The van der Waals surface area contributed by atoms with Gasteiger partial charge in [0.05, 0.1) is 0 Å². The van der Waals surface area contributed by atoms with Crippen molar-refractivity contribution in [3.05, 3.63) is 54.9 Å². The number of nitrogens with two attached hydrogens (primary N) is 1. The average Bonchev–Trinajstić information content (AvgIpc) is 2.48. The predicted molar refractivity (Wildman–Crippen MR) is 77.1 cm³/mol. The number of hydrogen-bond donors (Lipinski definition) is 3. The number of rotatable bonds is 3. The maximum atomic E-state index is 5.33. The van der Waals surface area contributed by atoms with E-state index in [1.807, 2.05) is 24.3 Å². The summed E-state index contributed by atoms with van der Waals surface area (Å²) >= 11 is 0. The van der Waals surface area contributed by atoms with E-state index in [0.29, 0.717) is 11.6 Å². The number of nitrogens with one attached hydrogen (secondary N) is 2. The molecule has 3 aromatic rings. The van der Waals surface area contributed by atoms with Crippen molar-refractivity contribution in [3.63, 3.8) is 0 Å². The van der Waals surface area contributed by atoms with Crippen LogP contribution in [0, 0.1) is 0 Å². The summed E-state index contributed by atoms with van der Waals surface area (Å²) in [6, 6.07) is 16.0. The Morgan fingerprint density at radius 1 is 0.895 bits per heavy atom. The molecular formula is C14H13N5. The number of nitrogen functional groups attached to an aromatic ring is 1. The molecule has 0 aliphatic heterocycles. The normalized spacial score (nSPS) is 10.4. The molecule has 0 bridgehead atoms. The van der Waals surface area contributed by atoms with Crippen LogP contribution in [-0.4, -0.2) is 9.97 Å². The highest BCUT2D eigenvalue weighted by molar-refractivity contribution is 5.95. The third-order valence-corrected chi connectivity index (χ3v) is 2.87. The Bertz CT molecular complexity index is 706. The van der Waals surface area contributed by atoms with E-state index < -0.39 is 0 Å². The molecule has 0 amide bonds. The highest BCUT2D eigenvalue weighted by atomic mass is 15.3. The third-order valence-electron chi connectivity index (χ3n) is 2.87. The summed E-state index contributed by atoms with van der Waals surface area (Å²) in [4.78, 5) is 8.15. The minimum atomic E-state index is 0.567. The molecule has 4 N–H and O–H groups in total. The van der Waals surface area contributed by atoms with Gasteiger partial charge in [0.1, 0.15) is 18.0 Å². The lowest BCUT2D eigenvalue weighted by molar-refractivity contribution is 1.14. The molecule has 5 nitrogen and oxygen atoms in total. The van der Waals surface area contributed by atoms with Crippen LogP contribution in [0.25, 0.3) is 10.8 Å². The molecule has 0 atom stereocenters. The Balaban J connectivity index is 2.01. The summed E-state index contributed by atoms with van der Waals surface area (Å²) in [7, 11) is 0. The van der Waals surface area contributed by atoms with E-state index >= 15 is 0 Å². The van der Waals surface area contributed by atoms with Gasteiger partial charge in [-0.25, -0.2) is 15.8 Å². The molecule has 0 aliphatic carbocycles. The fraction of sp³-hybridized carbons (Fsp3) is 0. The minimum absolute atomic E-state index is 0.567. The lowest BCUT2D eigenvalue weighted by Gasteiger charge is -2.09. The van der Waals surface area contributed by atoms with Crippen molar-refractivity contribution in [1.82, 2.24) is 9.97 Å². The lowest BCUT2D eigenvalue weighted by Crippen LogP contribution is -2.09. The first kappa shape index (κ1) is 11.4. The van der Waals surface area contributed by atoms with Crippen molar-refractivity contribution in [2.75, 3.05) is 10.7 Å². The minimum Gasteiger partial charge on any atom is -0.340 e. The topological polar surface area (TPSA) is 75.9 Å². The zero-order valence-corrected chi connectivity index (χ0v) is 10.2. The first-order valence-electron chi connectivity index (χ1n) is 5.90. The van der Waals surface area contributed by atoms with Gasteiger partial charge in [0.15, 0.2) is 0 Å². The molecule has 0 aliphatic rings. The Morgan fingerprint density at radius 3 is 2.58 bits per heavy atom. The number of hydrazine groups is 1. The third kappa shape index (κ3) is 2.31. The fourth-order valence-corrected chi connectivity index (χ4v) is 1.98. The highest BCUT2D eigenvalue weighted by Gasteiger charge is 2.02. The van der Waals surface area contributed by atoms with Crippen LogP contribution in [0.15, 0.2) is 54.9 Å². The summed E-state index contributed by atoms with van der Waals surface area (Å²) in [6.07, 6.45) is 1.46. The molecule has 94 valence electrons. The number of aromatic nitrogens is 2. The zero-order chi connectivity index (χ0) is 13.1. The number of hydrogen-bond acceptors (Lipinski definition) is 5. The Hall–Kier alpha value is -2.66. The van der Waals surface area contributed by atoms with Gasteiger partial charge in [-0.2, -0.15) is 0 Å². The van der Waals surface area contributed by atoms with Crippen molar-refractivity contribution in [2.45, 2.75) is 0 Å². The largest absolute Gasteiger partial charge is 0.340 e. The van der Waals surface area contributed by atoms with E-state index in [1.54, 1.807) is 6.07 Å². The number of nitrogens with zero attached hydrogens (tertiary/aromatic N) is 2. The van der Waals surface area contributed by atoms with Gasteiger partial charge in [-0.15, -0.1) is 0 Å². The van der Waals surface area contributed by atoms with Crippen molar-refractivity contribution in [3.8, 4) is 0 Å². The fourth-order valence-electron chi connectivity index (χ4n) is 1.98. The van der Waals surface area contributed by atoms with Crippen molar-refractivity contribution in [1.29, 1.82) is 0 Å². The zero-order valence-electron chi connectivity index (χ0n) is 10.2. The quantitative estimate of drug-likeness (QED) is 0.493. The van der Waals surface area contributed by atoms with Gasteiger partial charge in [0, 0.05) is 17.1 Å². The van der Waals surface area contributed by atoms with E-state index in [4.69, 9.17) is 5.84 Å². The predicted octanol–water partition coefficient (Wildman–Crippen LogP) is 2.66. The van der Waals surface area contributed by atoms with Gasteiger partial charge in [-0.3, -0.25) is 0 Å². The van der Waals surface area contributed by atoms with Crippen LogP contribution < -0.4 is 16.6 Å². The summed E-state index contributed by atoms with van der Waals surface area (Å²) in [5.41, 5.74) is 3.50. The van der Waals surface area contributed by atoms with Crippen LogP contribution >= 0.6 is 0 Å². The maximum Gasteiger partial charge on any atom is 0.145 e. The SMILES string of the molecule is NNc1cc(Nc2cccc3ccccc23)ncn1. The average molecular weight is 251 g/mol. The van der Waals surface area contributed by atoms with Gasteiger partial charge in [0.2, 0.25) is 0 Å². The molecule has 2 aromatic carbocycles. The summed E-state index contributed by atoms with van der Waals surface area (Å²) in [6.45, 7) is 0. The molecule has 5 heteroatoms. The molecular weight excluding hydrogens is 238 g/mol. The van der Waals surface area contributed by atoms with E-state index in [2.05, 4.69) is 38.9 Å². The smallest absolute Gasteiger partial charge is 0.145 e. The van der Waals surface area contributed by atoms with Crippen LogP contribution in [0.1, 0.15) is 0 Å². The Morgan fingerprint density at radius 2 is 1.68 bits per heavy atom. The molecule has 3 rings (SSSR count). The lowest BCUT2D eigenvalue weighted by atomic mass is 10.1. The summed E-state index contributed by atoms with van der Waals surface area (Å²) in [5, 5.41) is 5.60. The van der Waals surface area contributed by atoms with E-state index in [9.17, 15) is 0 Å². The van der Waals surface area contributed by atoms with Gasteiger partial charge < -0.3 is 10.7 Å². The second kappa shape index (κ2) is 4.91. The monoisotopic (exact) mass is 251 g/mol. The molecule has 0 radical (unpaired) electrons. The molecule has 19 heavy (non-hydrogen) atoms. The Labute approximate surface area is 110 Å². The number of fused-ring (bicyclic) bond motifs is 1. The summed E-state index contributed by atoms with van der Waals surface area (Å²) < 4.78 is 0. The highest BCUT2D eigenvalue weighted by Crippen LogP contribution is 2.25. The van der Waals surface area contributed by atoms with Crippen molar-refractivity contribution < 1.29 is 0 Å². The van der Waals surface area contributed by atoms with Gasteiger partial charge in [0.25, 0.3) is 0 Å². The van der Waals surface area contributed by atoms with Crippen LogP contribution in [0.2, 0.25) is 0 Å². The molecule has 0 saturated heterocycles. The summed E-state index contributed by atoms with van der Waals surface area (Å²) in [5.74, 6) is 6.60. The Kier molecular flexibility index (Phi) is 2.96. The second-order valence-corrected chi connectivity index (χ2v) is 4.08. The molecule has 0 unspecified atom stereocenters. The molecule has 1 heterocycles. The van der Waals surface area contributed by atoms with Crippen LogP contribution in [0.5, 0.6) is 0 Å². The van der Waals surface area contributed by atoms with E-state index in [-0.39, 0.29) is 0 Å². The number of benzene rings is 2. The number of anilines is 3. The van der Waals surface area contributed by atoms with Gasteiger partial charge in [-0.1, -0.05) is 36.4 Å². The van der Waals surface area contributed by atoms with Gasteiger partial charge >= 0.3 is 0 Å². The van der Waals surface area contributed by atoms with E-state index in [1.165, 1.54) is 11.7 Å². The first-order valence-corrected chi connectivity index (χ1v) is 5.90.